The van der Waals surface area contributed by atoms with Crippen LogP contribution < -0.4 is 10.3 Å². The van der Waals surface area contributed by atoms with Gasteiger partial charge in [0.2, 0.25) is 0 Å². The van der Waals surface area contributed by atoms with Gasteiger partial charge < -0.3 is 9.30 Å². The number of aryl methyl sites for hydroxylation is 1. The van der Waals surface area contributed by atoms with Gasteiger partial charge >= 0.3 is 5.97 Å². The number of nitro groups is 1. The van der Waals surface area contributed by atoms with E-state index in [4.69, 9.17) is 4.74 Å². The van der Waals surface area contributed by atoms with Gasteiger partial charge in [0.05, 0.1) is 16.9 Å². The average molecular weight is 314 g/mol. The molecule has 0 saturated heterocycles. The molecule has 3 rings (SSSR count). The van der Waals surface area contributed by atoms with Crippen LogP contribution in [0, 0.1) is 17.0 Å². The highest BCUT2D eigenvalue weighted by atomic mass is 16.6. The zero-order chi connectivity index (χ0) is 16.7. The molecule has 7 nitrogen and oxygen atoms in total. The van der Waals surface area contributed by atoms with E-state index >= 15 is 0 Å². The van der Waals surface area contributed by atoms with Gasteiger partial charge in [-0.25, -0.2) is 0 Å². The summed E-state index contributed by atoms with van der Waals surface area (Å²) in [6, 6.07) is 7.54. The quantitative estimate of drug-likeness (QED) is 0.480. The maximum atomic E-state index is 12.6. The fourth-order valence-electron chi connectivity index (χ4n) is 2.76. The van der Waals surface area contributed by atoms with Crippen molar-refractivity contribution in [1.29, 1.82) is 0 Å². The Bertz CT molecular complexity index is 867. The highest BCUT2D eigenvalue weighted by Crippen LogP contribution is 2.37. The van der Waals surface area contributed by atoms with Crippen LogP contribution in [0.15, 0.2) is 35.1 Å². The van der Waals surface area contributed by atoms with E-state index in [1.54, 1.807) is 32.2 Å². The molecule has 1 aliphatic rings. The van der Waals surface area contributed by atoms with Crippen molar-refractivity contribution >= 4 is 11.7 Å². The third-order valence-electron chi connectivity index (χ3n) is 4.12. The number of esters is 1. The highest BCUT2D eigenvalue weighted by Gasteiger charge is 2.32. The van der Waals surface area contributed by atoms with E-state index in [9.17, 15) is 19.7 Å². The van der Waals surface area contributed by atoms with Crippen LogP contribution in [-0.2, 0) is 11.8 Å². The molecule has 2 aromatic rings. The monoisotopic (exact) mass is 314 g/mol. The molecule has 0 bridgehead atoms. The zero-order valence-electron chi connectivity index (χ0n) is 12.6. The lowest BCUT2D eigenvalue weighted by atomic mass is 9.87. The van der Waals surface area contributed by atoms with Crippen LogP contribution in [-0.4, -0.2) is 15.5 Å². The number of rotatable bonds is 2. The van der Waals surface area contributed by atoms with Gasteiger partial charge in [0.15, 0.2) is 0 Å². The molecule has 0 spiro atoms. The molecule has 0 fully saturated rings. The maximum Gasteiger partial charge on any atom is 0.312 e. The summed E-state index contributed by atoms with van der Waals surface area (Å²) in [6.07, 6.45) is 0.0309. The van der Waals surface area contributed by atoms with Gasteiger partial charge in [-0.2, -0.15) is 0 Å². The van der Waals surface area contributed by atoms with Gasteiger partial charge in [-0.05, 0) is 12.5 Å². The number of non-ortho nitro benzene ring substituents is 1. The number of fused-ring (bicyclic) bond motifs is 1. The minimum Gasteiger partial charge on any atom is -0.426 e. The van der Waals surface area contributed by atoms with Crippen molar-refractivity contribution in [2.45, 2.75) is 19.3 Å². The van der Waals surface area contributed by atoms with E-state index < -0.39 is 16.8 Å². The first-order valence-corrected chi connectivity index (χ1v) is 7.04. The second-order valence-corrected chi connectivity index (χ2v) is 5.51. The Hall–Kier alpha value is -2.96. The summed E-state index contributed by atoms with van der Waals surface area (Å²) in [5.41, 5.74) is 1.51. The molecule has 7 heteroatoms. The molecule has 0 N–H and O–H groups in total. The minimum atomic E-state index is -0.491. The molecule has 0 radical (unpaired) electrons. The standard InChI is InChI=1S/C16H14N2O5/c1-9-7-13-15(16(20)17(9)2)12(8-14(19)23-13)10-3-5-11(6-4-10)18(21)22/h3-7,12H,8H2,1-2H3. The lowest BCUT2D eigenvalue weighted by Crippen LogP contribution is -2.31. The van der Waals surface area contributed by atoms with Crippen molar-refractivity contribution in [3.05, 3.63) is 67.6 Å². The van der Waals surface area contributed by atoms with E-state index in [0.29, 0.717) is 16.8 Å². The van der Waals surface area contributed by atoms with Crippen LogP contribution in [0.1, 0.15) is 29.2 Å². The molecule has 1 aliphatic heterocycles. The molecule has 1 aromatic carbocycles. The first-order valence-electron chi connectivity index (χ1n) is 7.04. The fourth-order valence-corrected chi connectivity index (χ4v) is 2.76. The molecule has 1 atom stereocenters. The van der Waals surface area contributed by atoms with Crippen molar-refractivity contribution < 1.29 is 14.5 Å². The molecule has 1 unspecified atom stereocenters. The van der Waals surface area contributed by atoms with Crippen molar-refractivity contribution in [2.24, 2.45) is 7.05 Å². The lowest BCUT2D eigenvalue weighted by Gasteiger charge is -2.25. The number of nitrogens with zero attached hydrogens (tertiary/aromatic N) is 2. The average Bonchev–Trinajstić information content (AvgIpc) is 2.52. The van der Waals surface area contributed by atoms with Crippen molar-refractivity contribution in [3.8, 4) is 5.75 Å². The molecule has 0 aliphatic carbocycles. The summed E-state index contributed by atoms with van der Waals surface area (Å²) in [5.74, 6) is -0.620. The zero-order valence-corrected chi connectivity index (χ0v) is 12.6. The Labute approximate surface area is 131 Å². The number of aromatic nitrogens is 1. The molecular formula is C16H14N2O5. The van der Waals surface area contributed by atoms with Gasteiger partial charge in [-0.3, -0.25) is 19.7 Å². The van der Waals surface area contributed by atoms with Crippen LogP contribution >= 0.6 is 0 Å². The molecular weight excluding hydrogens is 300 g/mol. The number of carbonyl (C=O) groups is 1. The van der Waals surface area contributed by atoms with Crippen LogP contribution in [0.5, 0.6) is 5.75 Å². The smallest absolute Gasteiger partial charge is 0.312 e. The Kier molecular flexibility index (Phi) is 3.48. The second-order valence-electron chi connectivity index (χ2n) is 5.51. The van der Waals surface area contributed by atoms with Crippen molar-refractivity contribution in [1.82, 2.24) is 4.57 Å². The van der Waals surface area contributed by atoms with E-state index in [1.165, 1.54) is 16.7 Å². The van der Waals surface area contributed by atoms with E-state index in [1.807, 2.05) is 0 Å². The topological polar surface area (TPSA) is 91.4 Å². The van der Waals surface area contributed by atoms with Gasteiger partial charge in [0.1, 0.15) is 5.75 Å². The van der Waals surface area contributed by atoms with Crippen LogP contribution in [0.2, 0.25) is 0 Å². The number of ether oxygens (including phenoxy) is 1. The largest absolute Gasteiger partial charge is 0.426 e. The van der Waals surface area contributed by atoms with E-state index in [2.05, 4.69) is 0 Å². The molecule has 0 saturated carbocycles. The SMILES string of the molecule is Cc1cc2c(c(=O)n1C)C(c1ccc([N+](=O)[O-])cc1)CC(=O)O2. The predicted molar refractivity (Wildman–Crippen MR) is 81.6 cm³/mol. The molecule has 0 amide bonds. The fraction of sp³-hybridized carbons (Fsp3) is 0.250. The van der Waals surface area contributed by atoms with Crippen molar-refractivity contribution in [3.63, 3.8) is 0 Å². The number of hydrogen-bond donors (Lipinski definition) is 0. The van der Waals surface area contributed by atoms with Crippen LogP contribution in [0.4, 0.5) is 5.69 Å². The molecule has 2 heterocycles. The van der Waals surface area contributed by atoms with E-state index in [-0.39, 0.29) is 23.4 Å². The summed E-state index contributed by atoms with van der Waals surface area (Å²) in [5, 5.41) is 10.8. The van der Waals surface area contributed by atoms with Gasteiger partial charge in [0, 0.05) is 36.9 Å². The third-order valence-corrected chi connectivity index (χ3v) is 4.12. The summed E-state index contributed by atoms with van der Waals surface area (Å²) >= 11 is 0. The number of nitro benzene ring substituents is 1. The van der Waals surface area contributed by atoms with Crippen molar-refractivity contribution in [2.75, 3.05) is 0 Å². The summed E-state index contributed by atoms with van der Waals surface area (Å²) in [7, 11) is 1.65. The van der Waals surface area contributed by atoms with Gasteiger partial charge in [-0.15, -0.1) is 0 Å². The Morgan fingerprint density at radius 3 is 2.52 bits per heavy atom. The summed E-state index contributed by atoms with van der Waals surface area (Å²) in [4.78, 5) is 34.7. The number of pyridine rings is 1. The van der Waals surface area contributed by atoms with Crippen LogP contribution in [0.25, 0.3) is 0 Å². The van der Waals surface area contributed by atoms with Crippen LogP contribution in [0.3, 0.4) is 0 Å². The lowest BCUT2D eigenvalue weighted by molar-refractivity contribution is -0.384. The minimum absolute atomic E-state index is 0.0309. The maximum absolute atomic E-state index is 12.6. The number of carbonyl (C=O) groups excluding carboxylic acids is 1. The Balaban J connectivity index is 2.15. The molecule has 118 valence electrons. The predicted octanol–water partition coefficient (Wildman–Crippen LogP) is 2.04. The summed E-state index contributed by atoms with van der Waals surface area (Å²) in [6.45, 7) is 1.75. The first kappa shape index (κ1) is 15.0. The Morgan fingerprint density at radius 2 is 1.91 bits per heavy atom. The highest BCUT2D eigenvalue weighted by molar-refractivity contribution is 5.77. The third kappa shape index (κ3) is 2.50. The first-order chi connectivity index (χ1) is 10.9. The number of hydrogen-bond acceptors (Lipinski definition) is 5. The Morgan fingerprint density at radius 1 is 1.26 bits per heavy atom. The summed E-state index contributed by atoms with van der Waals surface area (Å²) < 4.78 is 6.70. The molecule has 23 heavy (non-hydrogen) atoms. The van der Waals surface area contributed by atoms with E-state index in [0.717, 1.165) is 0 Å². The number of benzene rings is 1. The van der Waals surface area contributed by atoms with Gasteiger partial charge in [-0.1, -0.05) is 12.1 Å². The second kappa shape index (κ2) is 5.35. The van der Waals surface area contributed by atoms with Gasteiger partial charge in [0.25, 0.3) is 11.2 Å². The molecule has 1 aromatic heterocycles. The normalized spacial score (nSPS) is 16.6.